The van der Waals surface area contributed by atoms with Gasteiger partial charge in [-0.2, -0.15) is 0 Å². The van der Waals surface area contributed by atoms with Gasteiger partial charge in [0.1, 0.15) is 30.0 Å². The summed E-state index contributed by atoms with van der Waals surface area (Å²) in [6.45, 7) is 5.24. The maximum Gasteiger partial charge on any atom is 0.308 e. The van der Waals surface area contributed by atoms with Gasteiger partial charge in [0.25, 0.3) is 0 Å². The Morgan fingerprint density at radius 1 is 1.17 bits per heavy atom. The number of aromatic nitrogens is 2. The molecule has 0 radical (unpaired) electrons. The summed E-state index contributed by atoms with van der Waals surface area (Å²) in [7, 11) is 1.62. The first kappa shape index (κ1) is 25.2. The standard InChI is InChI=1S/C25H27ClFN3O4S/c1-15(2)25(31)33-14-23-28-29-24(35-23)19-6-5-17(13-21(19)32-3)30-10-8-18(9-11-30)34-22-12-16(27)4-7-20(22)26/h4-7,12-13,15,18H,8-11,14H2,1-3H3. The van der Waals surface area contributed by atoms with Gasteiger partial charge >= 0.3 is 5.97 Å². The van der Waals surface area contributed by atoms with Crippen LogP contribution in [0, 0.1) is 11.7 Å². The predicted octanol–water partition coefficient (Wildman–Crippen LogP) is 5.75. The van der Waals surface area contributed by atoms with Crippen molar-refractivity contribution >= 4 is 34.6 Å². The number of hydrogen-bond donors (Lipinski definition) is 0. The largest absolute Gasteiger partial charge is 0.496 e. The van der Waals surface area contributed by atoms with Gasteiger partial charge in [0, 0.05) is 43.8 Å². The van der Waals surface area contributed by atoms with Crippen LogP contribution in [0.1, 0.15) is 31.7 Å². The van der Waals surface area contributed by atoms with Crippen molar-refractivity contribution in [2.75, 3.05) is 25.1 Å². The average Bonchev–Trinajstić information content (AvgIpc) is 3.33. The van der Waals surface area contributed by atoms with Crippen LogP contribution < -0.4 is 14.4 Å². The monoisotopic (exact) mass is 519 g/mol. The molecule has 1 aliphatic heterocycles. The number of piperidine rings is 1. The Kier molecular flexibility index (Phi) is 8.07. The lowest BCUT2D eigenvalue weighted by Gasteiger charge is -2.34. The van der Waals surface area contributed by atoms with E-state index in [9.17, 15) is 9.18 Å². The van der Waals surface area contributed by atoms with Crippen LogP contribution >= 0.6 is 22.9 Å². The van der Waals surface area contributed by atoms with Crippen LogP contribution in [0.4, 0.5) is 10.1 Å². The van der Waals surface area contributed by atoms with Crippen LogP contribution in [0.15, 0.2) is 36.4 Å². The number of halogens is 2. The molecule has 1 fully saturated rings. The molecule has 1 aromatic heterocycles. The fraction of sp³-hybridized carbons (Fsp3) is 0.400. The Hall–Kier alpha value is -2.91. The molecule has 0 unspecified atom stereocenters. The molecule has 0 spiro atoms. The van der Waals surface area contributed by atoms with E-state index in [0.29, 0.717) is 26.5 Å². The second-order valence-corrected chi connectivity index (χ2v) is 10.00. The first-order valence-corrected chi connectivity index (χ1v) is 12.6. The van der Waals surface area contributed by atoms with Gasteiger partial charge in [-0.15, -0.1) is 10.2 Å². The van der Waals surface area contributed by atoms with Crippen molar-refractivity contribution < 1.29 is 23.4 Å². The maximum atomic E-state index is 13.5. The second kappa shape index (κ2) is 11.2. The number of carbonyl (C=O) groups excluding carboxylic acids is 1. The highest BCUT2D eigenvalue weighted by Crippen LogP contribution is 2.36. The molecule has 1 aliphatic rings. The number of carbonyl (C=O) groups is 1. The molecule has 1 saturated heterocycles. The molecule has 35 heavy (non-hydrogen) atoms. The number of esters is 1. The second-order valence-electron chi connectivity index (χ2n) is 8.53. The van der Waals surface area contributed by atoms with E-state index < -0.39 is 0 Å². The number of rotatable bonds is 8. The third-order valence-electron chi connectivity index (χ3n) is 5.69. The zero-order valence-electron chi connectivity index (χ0n) is 19.8. The molecular formula is C25H27ClFN3O4S. The highest BCUT2D eigenvalue weighted by Gasteiger charge is 2.23. The number of hydrogen-bond acceptors (Lipinski definition) is 8. The highest BCUT2D eigenvalue weighted by molar-refractivity contribution is 7.14. The van der Waals surface area contributed by atoms with Gasteiger partial charge in [0.2, 0.25) is 0 Å². The molecule has 0 aliphatic carbocycles. The Balaban J connectivity index is 1.39. The van der Waals surface area contributed by atoms with Crippen molar-refractivity contribution in [2.24, 2.45) is 5.92 Å². The van der Waals surface area contributed by atoms with Crippen LogP contribution in [0.5, 0.6) is 11.5 Å². The van der Waals surface area contributed by atoms with Gasteiger partial charge in [0.05, 0.1) is 23.6 Å². The van der Waals surface area contributed by atoms with E-state index in [-0.39, 0.29) is 30.4 Å². The molecule has 3 aromatic rings. The molecule has 4 rings (SSSR count). The third-order valence-corrected chi connectivity index (χ3v) is 6.93. The summed E-state index contributed by atoms with van der Waals surface area (Å²) in [6, 6.07) is 10.1. The lowest BCUT2D eigenvalue weighted by Crippen LogP contribution is -2.38. The van der Waals surface area contributed by atoms with Crippen LogP contribution in [0.25, 0.3) is 10.6 Å². The van der Waals surface area contributed by atoms with E-state index in [1.807, 2.05) is 18.2 Å². The predicted molar refractivity (Wildman–Crippen MR) is 134 cm³/mol. The number of anilines is 1. The normalized spacial score (nSPS) is 14.3. The van der Waals surface area contributed by atoms with Gasteiger partial charge in [-0.1, -0.05) is 36.8 Å². The Bertz CT molecular complexity index is 1180. The summed E-state index contributed by atoms with van der Waals surface area (Å²) in [5.74, 6) is 0.247. The highest BCUT2D eigenvalue weighted by atomic mass is 35.5. The van der Waals surface area contributed by atoms with Crippen LogP contribution in [0.3, 0.4) is 0 Å². The number of nitrogens with zero attached hydrogens (tertiary/aromatic N) is 3. The minimum absolute atomic E-state index is 0.0312. The van der Waals surface area contributed by atoms with Crippen LogP contribution in [-0.4, -0.2) is 42.5 Å². The van der Waals surface area contributed by atoms with E-state index in [0.717, 1.165) is 37.2 Å². The number of benzene rings is 2. The summed E-state index contributed by atoms with van der Waals surface area (Å²) >= 11 is 7.50. The summed E-state index contributed by atoms with van der Waals surface area (Å²) < 4.78 is 30.4. The topological polar surface area (TPSA) is 73.8 Å². The molecule has 0 saturated carbocycles. The van der Waals surface area contributed by atoms with Crippen molar-refractivity contribution in [3.63, 3.8) is 0 Å². The molecule has 10 heteroatoms. The number of ether oxygens (including phenoxy) is 3. The van der Waals surface area contributed by atoms with Gasteiger partial charge in [-0.25, -0.2) is 4.39 Å². The lowest BCUT2D eigenvalue weighted by molar-refractivity contribution is -0.148. The summed E-state index contributed by atoms with van der Waals surface area (Å²) in [5, 5.41) is 10.1. The molecule has 0 atom stereocenters. The SMILES string of the molecule is COc1cc(N2CCC(Oc3cc(F)ccc3Cl)CC2)ccc1-c1nnc(COC(=O)C(C)C)s1. The third kappa shape index (κ3) is 6.21. The Labute approximate surface area is 212 Å². The van der Waals surface area contributed by atoms with Gasteiger partial charge in [0.15, 0.2) is 10.0 Å². The summed E-state index contributed by atoms with van der Waals surface area (Å²) in [6.07, 6.45) is 1.54. The minimum Gasteiger partial charge on any atom is -0.496 e. The van der Waals surface area contributed by atoms with E-state index in [1.165, 1.54) is 29.5 Å². The molecule has 0 bridgehead atoms. The molecule has 2 aromatic carbocycles. The Morgan fingerprint density at radius 3 is 2.66 bits per heavy atom. The molecule has 7 nitrogen and oxygen atoms in total. The van der Waals surface area contributed by atoms with Crippen molar-refractivity contribution in [1.82, 2.24) is 10.2 Å². The first-order chi connectivity index (χ1) is 16.8. The van der Waals surface area contributed by atoms with E-state index in [1.54, 1.807) is 21.0 Å². The average molecular weight is 520 g/mol. The molecule has 0 amide bonds. The summed E-state index contributed by atoms with van der Waals surface area (Å²) in [5.41, 5.74) is 1.86. The fourth-order valence-electron chi connectivity index (χ4n) is 3.75. The van der Waals surface area contributed by atoms with Crippen molar-refractivity contribution in [3.8, 4) is 22.1 Å². The zero-order valence-corrected chi connectivity index (χ0v) is 21.4. The van der Waals surface area contributed by atoms with E-state index in [2.05, 4.69) is 15.1 Å². The summed E-state index contributed by atoms with van der Waals surface area (Å²) in [4.78, 5) is 14.0. The van der Waals surface area contributed by atoms with Gasteiger partial charge in [-0.05, 0) is 24.3 Å². The van der Waals surface area contributed by atoms with Gasteiger partial charge in [-0.3, -0.25) is 4.79 Å². The van der Waals surface area contributed by atoms with E-state index in [4.69, 9.17) is 25.8 Å². The fourth-order valence-corrected chi connectivity index (χ4v) is 4.70. The van der Waals surface area contributed by atoms with Crippen molar-refractivity contribution in [3.05, 3.63) is 52.2 Å². The first-order valence-electron chi connectivity index (χ1n) is 11.4. The van der Waals surface area contributed by atoms with Gasteiger partial charge < -0.3 is 19.1 Å². The quantitative estimate of drug-likeness (QED) is 0.351. The Morgan fingerprint density at radius 2 is 1.94 bits per heavy atom. The molecule has 186 valence electrons. The minimum atomic E-state index is -0.367. The number of methoxy groups -OCH3 is 1. The van der Waals surface area contributed by atoms with Crippen molar-refractivity contribution in [2.45, 2.75) is 39.4 Å². The maximum absolute atomic E-state index is 13.5. The lowest BCUT2D eigenvalue weighted by atomic mass is 10.1. The van der Waals surface area contributed by atoms with Crippen LogP contribution in [-0.2, 0) is 16.1 Å². The van der Waals surface area contributed by atoms with E-state index >= 15 is 0 Å². The van der Waals surface area contributed by atoms with Crippen LogP contribution in [0.2, 0.25) is 5.02 Å². The molecular weight excluding hydrogens is 493 g/mol. The molecule has 2 heterocycles. The smallest absolute Gasteiger partial charge is 0.308 e. The molecule has 0 N–H and O–H groups in total. The van der Waals surface area contributed by atoms with Crippen molar-refractivity contribution in [1.29, 1.82) is 0 Å². The zero-order chi connectivity index (χ0) is 24.9.